The van der Waals surface area contributed by atoms with E-state index in [2.05, 4.69) is 42.0 Å². The molecule has 2 rings (SSSR count). The van der Waals surface area contributed by atoms with Gasteiger partial charge in [-0.2, -0.15) is 0 Å². The second kappa shape index (κ2) is 4.57. The molecule has 0 aromatic heterocycles. The fourth-order valence-electron chi connectivity index (χ4n) is 2.62. The number of benzene rings is 1. The van der Waals surface area contributed by atoms with Crippen molar-refractivity contribution in [1.82, 2.24) is 0 Å². The van der Waals surface area contributed by atoms with Gasteiger partial charge in [0.15, 0.2) is 0 Å². The number of carboxylic acids is 1. The fourth-order valence-corrected chi connectivity index (χ4v) is 3.00. The number of nitrogens with one attached hydrogen (secondary N) is 1. The zero-order valence-electron chi connectivity index (χ0n) is 10.8. The van der Waals surface area contributed by atoms with Gasteiger partial charge in [-0.05, 0) is 35.1 Å². The fraction of sp³-hybridized carbons (Fsp3) is 0.500. The normalized spacial score (nSPS) is 23.1. The highest BCUT2D eigenvalue weighted by Crippen LogP contribution is 2.44. The Balaban J connectivity index is 2.51. The van der Waals surface area contributed by atoms with Crippen molar-refractivity contribution in [1.29, 1.82) is 0 Å². The summed E-state index contributed by atoms with van der Waals surface area (Å²) in [5.41, 5.74) is 1.77. The highest BCUT2D eigenvalue weighted by Gasteiger charge is 2.41. The van der Waals surface area contributed by atoms with Crippen LogP contribution in [-0.2, 0) is 4.79 Å². The molecule has 18 heavy (non-hydrogen) atoms. The van der Waals surface area contributed by atoms with E-state index < -0.39 is 11.9 Å². The van der Waals surface area contributed by atoms with Gasteiger partial charge >= 0.3 is 5.97 Å². The first-order valence-electron chi connectivity index (χ1n) is 6.07. The van der Waals surface area contributed by atoms with Gasteiger partial charge in [0.2, 0.25) is 0 Å². The van der Waals surface area contributed by atoms with E-state index in [0.29, 0.717) is 6.54 Å². The maximum absolute atomic E-state index is 11.6. The summed E-state index contributed by atoms with van der Waals surface area (Å²) in [4.78, 5) is 11.6. The van der Waals surface area contributed by atoms with Crippen LogP contribution in [0, 0.1) is 11.3 Å². The smallest absolute Gasteiger partial charge is 0.311 e. The summed E-state index contributed by atoms with van der Waals surface area (Å²) < 4.78 is 0.920. The third kappa shape index (κ3) is 2.39. The third-order valence-electron chi connectivity index (χ3n) is 3.64. The Hall–Kier alpha value is -1.03. The molecule has 1 aliphatic heterocycles. The Morgan fingerprint density at radius 2 is 2.11 bits per heavy atom. The van der Waals surface area contributed by atoms with Gasteiger partial charge in [0.25, 0.3) is 0 Å². The van der Waals surface area contributed by atoms with Crippen LogP contribution in [0.2, 0.25) is 0 Å². The van der Waals surface area contributed by atoms with Gasteiger partial charge in [0, 0.05) is 16.7 Å². The molecule has 0 saturated carbocycles. The summed E-state index contributed by atoms with van der Waals surface area (Å²) in [6, 6.07) is 5.79. The van der Waals surface area contributed by atoms with Crippen molar-refractivity contribution in [2.75, 3.05) is 11.9 Å². The molecule has 2 N–H and O–H groups in total. The Labute approximate surface area is 116 Å². The summed E-state index contributed by atoms with van der Waals surface area (Å²) >= 11 is 3.42. The molecule has 0 spiro atoms. The first-order chi connectivity index (χ1) is 8.30. The van der Waals surface area contributed by atoms with E-state index in [0.717, 1.165) is 15.7 Å². The predicted octanol–water partition coefficient (Wildman–Crippen LogP) is 3.71. The maximum Gasteiger partial charge on any atom is 0.311 e. The number of aliphatic carboxylic acids is 1. The van der Waals surface area contributed by atoms with E-state index in [1.165, 1.54) is 0 Å². The van der Waals surface area contributed by atoms with Gasteiger partial charge in [-0.25, -0.2) is 0 Å². The van der Waals surface area contributed by atoms with Crippen molar-refractivity contribution < 1.29 is 9.90 Å². The molecule has 1 aliphatic rings. The minimum absolute atomic E-state index is 0.0456. The van der Waals surface area contributed by atoms with E-state index in [4.69, 9.17) is 0 Å². The van der Waals surface area contributed by atoms with Gasteiger partial charge in [0.1, 0.15) is 0 Å². The van der Waals surface area contributed by atoms with E-state index in [9.17, 15) is 9.90 Å². The van der Waals surface area contributed by atoms with E-state index in [1.54, 1.807) is 0 Å². The zero-order valence-corrected chi connectivity index (χ0v) is 12.4. The number of fused-ring (bicyclic) bond motifs is 1. The minimum Gasteiger partial charge on any atom is -0.481 e. The largest absolute Gasteiger partial charge is 0.481 e. The van der Waals surface area contributed by atoms with Crippen LogP contribution in [0.3, 0.4) is 0 Å². The number of rotatable bonds is 1. The molecule has 1 aromatic carbocycles. The highest BCUT2D eigenvalue weighted by atomic mass is 79.9. The number of carboxylic acid groups (broad SMARTS) is 1. The summed E-state index contributed by atoms with van der Waals surface area (Å²) in [5.74, 6) is -1.11. The zero-order chi connectivity index (χ0) is 13.5. The molecule has 0 amide bonds. The van der Waals surface area contributed by atoms with Crippen LogP contribution < -0.4 is 5.32 Å². The summed E-state index contributed by atoms with van der Waals surface area (Å²) in [5, 5.41) is 12.9. The van der Waals surface area contributed by atoms with Gasteiger partial charge < -0.3 is 10.4 Å². The van der Waals surface area contributed by atoms with Crippen LogP contribution in [0.5, 0.6) is 0 Å². The average Bonchev–Trinajstić information content (AvgIpc) is 2.25. The Kier molecular flexibility index (Phi) is 3.41. The van der Waals surface area contributed by atoms with Crippen molar-refractivity contribution in [2.24, 2.45) is 11.3 Å². The second-order valence-corrected chi connectivity index (χ2v) is 6.82. The first-order valence-corrected chi connectivity index (χ1v) is 6.86. The van der Waals surface area contributed by atoms with Crippen LogP contribution in [-0.4, -0.2) is 17.6 Å². The number of anilines is 1. The van der Waals surface area contributed by atoms with Crippen LogP contribution in [0.1, 0.15) is 32.3 Å². The van der Waals surface area contributed by atoms with E-state index in [1.807, 2.05) is 18.2 Å². The molecule has 4 heteroatoms. The van der Waals surface area contributed by atoms with Crippen molar-refractivity contribution in [3.63, 3.8) is 0 Å². The molecule has 3 nitrogen and oxygen atoms in total. The molecule has 1 heterocycles. The average molecular weight is 312 g/mol. The lowest BCUT2D eigenvalue weighted by Gasteiger charge is -2.40. The van der Waals surface area contributed by atoms with Crippen LogP contribution in [0.25, 0.3) is 0 Å². The lowest BCUT2D eigenvalue weighted by Crippen LogP contribution is -2.40. The highest BCUT2D eigenvalue weighted by molar-refractivity contribution is 9.10. The molecule has 0 saturated heterocycles. The summed E-state index contributed by atoms with van der Waals surface area (Å²) in [6.45, 7) is 6.99. The van der Waals surface area contributed by atoms with Gasteiger partial charge in [-0.1, -0.05) is 36.7 Å². The quantitative estimate of drug-likeness (QED) is 0.831. The van der Waals surface area contributed by atoms with Crippen LogP contribution in [0.15, 0.2) is 22.7 Å². The summed E-state index contributed by atoms with van der Waals surface area (Å²) in [7, 11) is 0. The predicted molar refractivity (Wildman–Crippen MR) is 76.0 cm³/mol. The molecule has 0 fully saturated rings. The molecule has 98 valence electrons. The van der Waals surface area contributed by atoms with E-state index in [-0.39, 0.29) is 11.3 Å². The van der Waals surface area contributed by atoms with Crippen LogP contribution in [0.4, 0.5) is 5.69 Å². The summed E-state index contributed by atoms with van der Waals surface area (Å²) in [6.07, 6.45) is 0. The first kappa shape index (κ1) is 13.4. The van der Waals surface area contributed by atoms with E-state index >= 15 is 0 Å². The monoisotopic (exact) mass is 311 g/mol. The number of halogens is 1. The third-order valence-corrected chi connectivity index (χ3v) is 4.14. The molecule has 0 aliphatic carbocycles. The van der Waals surface area contributed by atoms with Gasteiger partial charge in [0.05, 0.1) is 5.92 Å². The molecular weight excluding hydrogens is 294 g/mol. The molecule has 0 bridgehead atoms. The van der Waals surface area contributed by atoms with Crippen molar-refractivity contribution in [3.8, 4) is 0 Å². The molecule has 0 radical (unpaired) electrons. The minimum atomic E-state index is -0.740. The Morgan fingerprint density at radius 3 is 2.67 bits per heavy atom. The van der Waals surface area contributed by atoms with Crippen molar-refractivity contribution in [2.45, 2.75) is 26.7 Å². The SMILES string of the molecule is CC(C)(C)C1CNc2ccc(Br)cc2C1C(=O)O. The lowest BCUT2D eigenvalue weighted by atomic mass is 9.69. The molecule has 2 atom stereocenters. The molecule has 1 aromatic rings. The number of hydrogen-bond acceptors (Lipinski definition) is 2. The van der Waals surface area contributed by atoms with Crippen LogP contribution >= 0.6 is 15.9 Å². The van der Waals surface area contributed by atoms with Crippen molar-refractivity contribution >= 4 is 27.6 Å². The Bertz CT molecular complexity index is 479. The molecular formula is C14H18BrNO2. The van der Waals surface area contributed by atoms with Crippen molar-refractivity contribution in [3.05, 3.63) is 28.2 Å². The topological polar surface area (TPSA) is 49.3 Å². The lowest BCUT2D eigenvalue weighted by molar-refractivity contribution is -0.141. The number of carbonyl (C=O) groups is 1. The molecule has 2 unspecified atom stereocenters. The second-order valence-electron chi connectivity index (χ2n) is 5.90. The Morgan fingerprint density at radius 1 is 1.44 bits per heavy atom. The van der Waals surface area contributed by atoms with Gasteiger partial charge in [-0.3, -0.25) is 4.79 Å². The van der Waals surface area contributed by atoms with Gasteiger partial charge in [-0.15, -0.1) is 0 Å². The maximum atomic E-state index is 11.6. The standard InChI is InChI=1S/C14H18BrNO2/c1-14(2,3)10-7-16-11-5-4-8(15)6-9(11)12(10)13(17)18/h4-6,10,12,16H,7H2,1-3H3,(H,17,18). The number of hydrogen-bond donors (Lipinski definition) is 2.